The summed E-state index contributed by atoms with van der Waals surface area (Å²) >= 11 is 0. The maximum atomic E-state index is 13.3. The first-order valence-electron chi connectivity index (χ1n) is 5.44. The first-order valence-corrected chi connectivity index (χ1v) is 7.27. The summed E-state index contributed by atoms with van der Waals surface area (Å²) in [6.45, 7) is -0.0246. The molecule has 0 aliphatic carbocycles. The van der Waals surface area contributed by atoms with Gasteiger partial charge in [-0.3, -0.25) is 0 Å². The van der Waals surface area contributed by atoms with Gasteiger partial charge in [0.15, 0.2) is 21.5 Å². The van der Waals surface area contributed by atoms with E-state index in [0.717, 1.165) is 6.07 Å². The van der Waals surface area contributed by atoms with Crippen molar-refractivity contribution in [1.29, 1.82) is 0 Å². The minimum Gasteiger partial charge on any atom is -0.309 e. The molecular weight excluding hydrogens is 267 g/mol. The van der Waals surface area contributed by atoms with Crippen molar-refractivity contribution in [3.8, 4) is 0 Å². The summed E-state index contributed by atoms with van der Waals surface area (Å²) in [4.78, 5) is 0. The van der Waals surface area contributed by atoms with Gasteiger partial charge in [-0.05, 0) is 12.5 Å². The van der Waals surface area contributed by atoms with Gasteiger partial charge < -0.3 is 5.32 Å². The third-order valence-corrected chi connectivity index (χ3v) is 4.67. The van der Waals surface area contributed by atoms with Crippen molar-refractivity contribution in [2.45, 2.75) is 19.0 Å². The van der Waals surface area contributed by atoms with Gasteiger partial charge in [0.25, 0.3) is 0 Å². The molecule has 1 aromatic carbocycles. The van der Waals surface area contributed by atoms with E-state index in [-0.39, 0.29) is 29.7 Å². The lowest BCUT2D eigenvalue weighted by Gasteiger charge is -2.11. The maximum absolute atomic E-state index is 13.3. The summed E-state index contributed by atoms with van der Waals surface area (Å²) in [6, 6.07) is 1.00. The van der Waals surface area contributed by atoms with Gasteiger partial charge in [0.05, 0.1) is 11.5 Å². The highest BCUT2D eigenvalue weighted by molar-refractivity contribution is 7.91. The maximum Gasteiger partial charge on any atom is 0.161 e. The summed E-state index contributed by atoms with van der Waals surface area (Å²) in [5, 5.41) is 2.83. The topological polar surface area (TPSA) is 46.2 Å². The van der Waals surface area contributed by atoms with E-state index >= 15 is 0 Å². The summed E-state index contributed by atoms with van der Waals surface area (Å²) in [5.41, 5.74) is -0.0156. The lowest BCUT2D eigenvalue weighted by atomic mass is 10.1. The number of halogens is 3. The summed E-state index contributed by atoms with van der Waals surface area (Å²) in [6.07, 6.45) is 0.452. The first kappa shape index (κ1) is 13.4. The number of hydrogen-bond donors (Lipinski definition) is 1. The Kier molecular flexibility index (Phi) is 3.63. The molecule has 7 heteroatoms. The van der Waals surface area contributed by atoms with Crippen LogP contribution in [0.5, 0.6) is 0 Å². The molecule has 1 aliphatic rings. The standard InChI is InChI=1S/C11H12F3NO2S/c12-9-4-11(14)10(13)3-7(9)5-15-8-1-2-18(16,17)6-8/h3-4,8,15H,1-2,5-6H2. The molecule has 2 rings (SSSR count). The average molecular weight is 279 g/mol. The van der Waals surface area contributed by atoms with Gasteiger partial charge in [-0.1, -0.05) is 0 Å². The van der Waals surface area contributed by atoms with Gasteiger partial charge >= 0.3 is 0 Å². The summed E-state index contributed by atoms with van der Waals surface area (Å²) < 4.78 is 61.3. The van der Waals surface area contributed by atoms with E-state index < -0.39 is 27.3 Å². The zero-order valence-corrected chi connectivity index (χ0v) is 10.2. The Bertz CT molecular complexity index is 560. The van der Waals surface area contributed by atoms with Crippen LogP contribution in [0.1, 0.15) is 12.0 Å². The molecule has 1 aromatic rings. The molecule has 1 unspecified atom stereocenters. The Morgan fingerprint density at radius 3 is 2.44 bits per heavy atom. The Balaban J connectivity index is 2.01. The van der Waals surface area contributed by atoms with Crippen LogP contribution in [0.3, 0.4) is 0 Å². The van der Waals surface area contributed by atoms with Crippen LogP contribution < -0.4 is 5.32 Å². The second-order valence-corrected chi connectivity index (χ2v) is 6.57. The van der Waals surface area contributed by atoms with Crippen LogP contribution in [-0.4, -0.2) is 26.0 Å². The van der Waals surface area contributed by atoms with E-state index in [4.69, 9.17) is 0 Å². The Hall–Kier alpha value is -1.08. The molecule has 0 saturated carbocycles. The number of nitrogens with one attached hydrogen (secondary N) is 1. The summed E-state index contributed by atoms with van der Waals surface area (Å²) in [5.74, 6) is -3.10. The van der Waals surface area contributed by atoms with E-state index in [2.05, 4.69) is 5.32 Å². The van der Waals surface area contributed by atoms with E-state index in [9.17, 15) is 21.6 Å². The zero-order chi connectivity index (χ0) is 13.3. The van der Waals surface area contributed by atoms with Gasteiger partial charge in [0, 0.05) is 24.2 Å². The molecule has 0 radical (unpaired) electrons. The van der Waals surface area contributed by atoms with Crippen LogP contribution in [0.25, 0.3) is 0 Å². The van der Waals surface area contributed by atoms with Crippen molar-refractivity contribution in [3.05, 3.63) is 35.1 Å². The quantitative estimate of drug-likeness (QED) is 0.850. The third kappa shape index (κ3) is 3.02. The molecule has 3 nitrogen and oxygen atoms in total. The van der Waals surface area contributed by atoms with E-state index in [0.29, 0.717) is 12.5 Å². The fourth-order valence-corrected chi connectivity index (χ4v) is 3.62. The smallest absolute Gasteiger partial charge is 0.161 e. The molecule has 1 fully saturated rings. The Morgan fingerprint density at radius 2 is 1.83 bits per heavy atom. The Morgan fingerprint density at radius 1 is 1.17 bits per heavy atom. The molecule has 0 spiro atoms. The van der Waals surface area contributed by atoms with Crippen molar-refractivity contribution in [2.75, 3.05) is 11.5 Å². The predicted molar refractivity (Wildman–Crippen MR) is 60.2 cm³/mol. The minimum atomic E-state index is -3.02. The van der Waals surface area contributed by atoms with E-state index in [1.807, 2.05) is 0 Å². The lowest BCUT2D eigenvalue weighted by molar-refractivity contribution is 0.481. The third-order valence-electron chi connectivity index (χ3n) is 2.90. The summed E-state index contributed by atoms with van der Waals surface area (Å²) in [7, 11) is -3.02. The molecule has 0 bridgehead atoms. The molecule has 1 atom stereocenters. The van der Waals surface area contributed by atoms with Crippen molar-refractivity contribution < 1.29 is 21.6 Å². The zero-order valence-electron chi connectivity index (χ0n) is 9.42. The van der Waals surface area contributed by atoms with Crippen LogP contribution in [-0.2, 0) is 16.4 Å². The molecule has 18 heavy (non-hydrogen) atoms. The predicted octanol–water partition coefficient (Wildman–Crippen LogP) is 1.38. The number of benzene rings is 1. The molecule has 0 aromatic heterocycles. The van der Waals surface area contributed by atoms with E-state index in [1.54, 1.807) is 0 Å². The molecule has 0 amide bonds. The second-order valence-electron chi connectivity index (χ2n) is 4.34. The number of rotatable bonds is 3. The normalized spacial score (nSPS) is 22.3. The molecule has 100 valence electrons. The van der Waals surface area contributed by atoms with Crippen LogP contribution in [0.15, 0.2) is 12.1 Å². The fraction of sp³-hybridized carbons (Fsp3) is 0.455. The highest BCUT2D eigenvalue weighted by atomic mass is 32.2. The van der Waals surface area contributed by atoms with Crippen molar-refractivity contribution in [2.24, 2.45) is 0 Å². The highest BCUT2D eigenvalue weighted by Gasteiger charge is 2.27. The van der Waals surface area contributed by atoms with Gasteiger partial charge in [-0.2, -0.15) is 0 Å². The SMILES string of the molecule is O=S1(=O)CCC(NCc2cc(F)c(F)cc2F)C1. The van der Waals surface area contributed by atoms with Gasteiger partial charge in [0.1, 0.15) is 5.82 Å². The highest BCUT2D eigenvalue weighted by Crippen LogP contribution is 2.16. The van der Waals surface area contributed by atoms with Crippen molar-refractivity contribution in [1.82, 2.24) is 5.32 Å². The van der Waals surface area contributed by atoms with Crippen LogP contribution in [0, 0.1) is 17.5 Å². The van der Waals surface area contributed by atoms with Crippen LogP contribution in [0.4, 0.5) is 13.2 Å². The van der Waals surface area contributed by atoms with Crippen LogP contribution in [0.2, 0.25) is 0 Å². The monoisotopic (exact) mass is 279 g/mol. The first-order chi connectivity index (χ1) is 8.37. The lowest BCUT2D eigenvalue weighted by Crippen LogP contribution is -2.29. The van der Waals surface area contributed by atoms with Crippen molar-refractivity contribution >= 4 is 9.84 Å². The van der Waals surface area contributed by atoms with Gasteiger partial charge in [-0.15, -0.1) is 0 Å². The molecular formula is C11H12F3NO2S. The molecule has 1 saturated heterocycles. The fourth-order valence-electron chi connectivity index (χ4n) is 1.91. The number of sulfone groups is 1. The van der Waals surface area contributed by atoms with Crippen molar-refractivity contribution in [3.63, 3.8) is 0 Å². The second kappa shape index (κ2) is 4.89. The van der Waals surface area contributed by atoms with E-state index in [1.165, 1.54) is 0 Å². The Labute approximate surface area is 103 Å². The molecule has 1 aliphatic heterocycles. The molecule has 1 heterocycles. The van der Waals surface area contributed by atoms with Crippen LogP contribution >= 0.6 is 0 Å². The average Bonchev–Trinajstić information content (AvgIpc) is 2.62. The van der Waals surface area contributed by atoms with Gasteiger partial charge in [-0.25, -0.2) is 21.6 Å². The van der Waals surface area contributed by atoms with Gasteiger partial charge in [0.2, 0.25) is 0 Å². The largest absolute Gasteiger partial charge is 0.309 e. The molecule has 1 N–H and O–H groups in total. The number of hydrogen-bond acceptors (Lipinski definition) is 3. The minimum absolute atomic E-state index is 0.00169.